The number of carbonyl (C=O) groups is 1. The third-order valence-electron chi connectivity index (χ3n) is 4.11. The fourth-order valence-corrected chi connectivity index (χ4v) is 5.41. The van der Waals surface area contributed by atoms with Crippen LogP contribution in [0.4, 0.5) is 5.69 Å². The van der Waals surface area contributed by atoms with Crippen LogP contribution in [0.2, 0.25) is 10.0 Å². The van der Waals surface area contributed by atoms with Crippen molar-refractivity contribution in [1.82, 2.24) is 10.3 Å². The molecule has 162 valence electrons. The smallest absolute Gasteiger partial charge is 0.264 e. The number of hydrogen-bond donors (Lipinski definition) is 1. The normalized spacial score (nSPS) is 11.2. The van der Waals surface area contributed by atoms with Crippen LogP contribution in [0.3, 0.4) is 0 Å². The minimum atomic E-state index is -4.03. The number of hydrogen-bond acceptors (Lipinski definition) is 5. The molecule has 3 aromatic rings. The van der Waals surface area contributed by atoms with Gasteiger partial charge in [-0.25, -0.2) is 13.4 Å². The van der Waals surface area contributed by atoms with Gasteiger partial charge in [-0.2, -0.15) is 0 Å². The van der Waals surface area contributed by atoms with E-state index in [1.54, 1.807) is 24.4 Å². The van der Waals surface area contributed by atoms with E-state index in [4.69, 9.17) is 23.2 Å². The molecule has 10 heteroatoms. The molecule has 0 saturated carbocycles. The molecule has 0 atom stereocenters. The van der Waals surface area contributed by atoms with E-state index >= 15 is 0 Å². The molecule has 0 spiro atoms. The molecule has 1 N–H and O–H groups in total. The molecule has 2 aromatic carbocycles. The maximum absolute atomic E-state index is 13.3. The number of benzene rings is 2. The lowest BCUT2D eigenvalue weighted by Gasteiger charge is -2.25. The Morgan fingerprint density at radius 3 is 2.45 bits per heavy atom. The van der Waals surface area contributed by atoms with E-state index in [9.17, 15) is 13.2 Å². The average molecular weight is 496 g/mol. The summed E-state index contributed by atoms with van der Waals surface area (Å²) >= 11 is 13.7. The average Bonchev–Trinajstić information content (AvgIpc) is 2.77. The Bertz CT molecular complexity index is 1130. The van der Waals surface area contributed by atoms with Crippen LogP contribution >= 0.6 is 35.0 Å². The first kappa shape index (κ1) is 23.4. The van der Waals surface area contributed by atoms with Gasteiger partial charge in [0.2, 0.25) is 5.91 Å². The van der Waals surface area contributed by atoms with Crippen LogP contribution in [0.5, 0.6) is 0 Å². The number of nitrogens with zero attached hydrogens (tertiary/aromatic N) is 2. The van der Waals surface area contributed by atoms with E-state index in [2.05, 4.69) is 10.3 Å². The lowest BCUT2D eigenvalue weighted by atomic mass is 10.3. The number of aromatic nitrogens is 1. The van der Waals surface area contributed by atoms with Gasteiger partial charge in [-0.15, -0.1) is 11.8 Å². The van der Waals surface area contributed by atoms with Gasteiger partial charge in [-0.05, 0) is 42.5 Å². The van der Waals surface area contributed by atoms with Gasteiger partial charge in [-0.3, -0.25) is 9.10 Å². The van der Waals surface area contributed by atoms with Crippen LogP contribution in [0.1, 0.15) is 0 Å². The van der Waals surface area contributed by atoms with Crippen molar-refractivity contribution in [2.45, 2.75) is 9.92 Å². The molecule has 0 aliphatic rings. The summed E-state index contributed by atoms with van der Waals surface area (Å²) < 4.78 is 27.5. The van der Waals surface area contributed by atoms with Crippen molar-refractivity contribution in [3.05, 3.63) is 83.0 Å². The second-order valence-electron chi connectivity index (χ2n) is 6.29. The van der Waals surface area contributed by atoms with Gasteiger partial charge in [0.05, 0.1) is 20.6 Å². The lowest BCUT2D eigenvalue weighted by Crippen LogP contribution is -2.41. The van der Waals surface area contributed by atoms with E-state index in [1.165, 1.54) is 42.1 Å². The molecule has 1 aromatic heterocycles. The molecule has 0 unspecified atom stereocenters. The largest absolute Gasteiger partial charge is 0.354 e. The van der Waals surface area contributed by atoms with Gasteiger partial charge in [0.15, 0.2) is 0 Å². The first-order valence-electron chi connectivity index (χ1n) is 9.21. The first-order valence-corrected chi connectivity index (χ1v) is 12.4. The van der Waals surface area contributed by atoms with Gasteiger partial charge in [0, 0.05) is 23.5 Å². The van der Waals surface area contributed by atoms with E-state index in [0.717, 1.165) is 9.33 Å². The summed E-state index contributed by atoms with van der Waals surface area (Å²) in [4.78, 5) is 16.8. The van der Waals surface area contributed by atoms with E-state index in [0.29, 0.717) is 17.3 Å². The number of halogens is 2. The summed E-state index contributed by atoms with van der Waals surface area (Å²) in [6, 6.07) is 17.9. The second-order valence-corrected chi connectivity index (χ2v) is 10.1. The quantitative estimate of drug-likeness (QED) is 0.349. The van der Waals surface area contributed by atoms with Crippen molar-refractivity contribution in [3.8, 4) is 0 Å². The highest BCUT2D eigenvalue weighted by atomic mass is 35.5. The number of thioether (sulfide) groups is 1. The van der Waals surface area contributed by atoms with Crippen molar-refractivity contribution in [2.75, 3.05) is 23.1 Å². The minimum absolute atomic E-state index is 0.0551. The zero-order valence-corrected chi connectivity index (χ0v) is 19.4. The highest BCUT2D eigenvalue weighted by Crippen LogP contribution is 2.32. The summed E-state index contributed by atoms with van der Waals surface area (Å²) in [5.74, 6) is 0.141. The molecule has 6 nitrogen and oxygen atoms in total. The van der Waals surface area contributed by atoms with Gasteiger partial charge in [0.25, 0.3) is 10.0 Å². The molecule has 0 bridgehead atoms. The molecule has 1 amide bonds. The lowest BCUT2D eigenvalue weighted by molar-refractivity contribution is -0.119. The minimum Gasteiger partial charge on any atom is -0.354 e. The molecule has 0 radical (unpaired) electrons. The number of sulfonamides is 1. The number of rotatable bonds is 9. The summed E-state index contributed by atoms with van der Waals surface area (Å²) in [5, 5.41) is 4.08. The molecule has 1 heterocycles. The Balaban J connectivity index is 1.74. The van der Waals surface area contributed by atoms with Crippen molar-refractivity contribution >= 4 is 56.6 Å². The third-order valence-corrected chi connectivity index (χ3v) is 7.37. The third kappa shape index (κ3) is 6.36. The Kier molecular flexibility index (Phi) is 8.20. The SMILES string of the molecule is O=C(CN(c1ccc(Cl)cc1Cl)S(=O)(=O)c1ccccc1)NCCSc1ccccn1. The van der Waals surface area contributed by atoms with Gasteiger partial charge in [0.1, 0.15) is 6.54 Å². The molecule has 0 saturated heterocycles. The standard InChI is InChI=1S/C21H19Cl2N3O3S2/c22-16-9-10-19(18(23)14-16)26(31(28,29)17-6-2-1-3-7-17)15-20(27)24-12-13-30-21-8-4-5-11-25-21/h1-11,14H,12-13,15H2,(H,24,27). The van der Waals surface area contributed by atoms with E-state index in [1.807, 2.05) is 18.2 Å². The fourth-order valence-electron chi connectivity index (χ4n) is 2.67. The highest BCUT2D eigenvalue weighted by molar-refractivity contribution is 7.99. The van der Waals surface area contributed by atoms with E-state index < -0.39 is 22.5 Å². The zero-order chi connectivity index (χ0) is 22.3. The molecule has 0 fully saturated rings. The van der Waals surface area contributed by atoms with Crippen molar-refractivity contribution in [2.24, 2.45) is 0 Å². The number of pyridine rings is 1. The van der Waals surface area contributed by atoms with Gasteiger partial charge >= 0.3 is 0 Å². The monoisotopic (exact) mass is 495 g/mol. The molecule has 31 heavy (non-hydrogen) atoms. The molecular formula is C21H19Cl2N3O3S2. The topological polar surface area (TPSA) is 79.4 Å². The summed E-state index contributed by atoms with van der Waals surface area (Å²) in [6.45, 7) is -0.0690. The summed E-state index contributed by atoms with van der Waals surface area (Å²) in [5.41, 5.74) is 0.174. The van der Waals surface area contributed by atoms with Gasteiger partial charge < -0.3 is 5.32 Å². The zero-order valence-electron chi connectivity index (χ0n) is 16.2. The highest BCUT2D eigenvalue weighted by Gasteiger charge is 2.28. The number of carbonyl (C=O) groups excluding carboxylic acids is 1. The Labute approximate surface area is 195 Å². The molecule has 3 rings (SSSR count). The van der Waals surface area contributed by atoms with Crippen molar-refractivity contribution in [3.63, 3.8) is 0 Å². The number of anilines is 1. The van der Waals surface area contributed by atoms with Crippen LogP contribution in [0.15, 0.2) is 82.8 Å². The predicted molar refractivity (Wildman–Crippen MR) is 125 cm³/mol. The van der Waals surface area contributed by atoms with Crippen LogP contribution in [-0.2, 0) is 14.8 Å². The van der Waals surface area contributed by atoms with Crippen LogP contribution in [0, 0.1) is 0 Å². The Hall–Kier alpha value is -2.26. The van der Waals surface area contributed by atoms with Gasteiger partial charge in [-0.1, -0.05) is 47.5 Å². The van der Waals surface area contributed by atoms with Crippen molar-refractivity contribution in [1.29, 1.82) is 0 Å². The van der Waals surface area contributed by atoms with E-state index in [-0.39, 0.29) is 15.6 Å². The molecular weight excluding hydrogens is 477 g/mol. The Morgan fingerprint density at radius 1 is 1.03 bits per heavy atom. The first-order chi connectivity index (χ1) is 14.9. The van der Waals surface area contributed by atoms with Crippen LogP contribution < -0.4 is 9.62 Å². The summed E-state index contributed by atoms with van der Waals surface area (Å²) in [6.07, 6.45) is 1.70. The number of amides is 1. The number of nitrogens with one attached hydrogen (secondary N) is 1. The second kappa shape index (κ2) is 10.9. The summed E-state index contributed by atoms with van der Waals surface area (Å²) in [7, 11) is -4.03. The Morgan fingerprint density at radius 2 is 1.77 bits per heavy atom. The predicted octanol–water partition coefficient (Wildman–Crippen LogP) is 4.49. The van der Waals surface area contributed by atoms with Crippen molar-refractivity contribution < 1.29 is 13.2 Å². The van der Waals surface area contributed by atoms with Crippen LogP contribution in [0.25, 0.3) is 0 Å². The molecule has 0 aliphatic heterocycles. The van der Waals surface area contributed by atoms with Crippen LogP contribution in [-0.4, -0.2) is 38.2 Å². The molecule has 0 aliphatic carbocycles. The maximum Gasteiger partial charge on any atom is 0.264 e. The fraction of sp³-hybridized carbons (Fsp3) is 0.143. The maximum atomic E-state index is 13.3.